The molecule has 0 aromatic rings. The Balaban J connectivity index is 4.08. The first-order chi connectivity index (χ1) is 6.37. The fourth-order valence-electron chi connectivity index (χ4n) is 0.642. The van der Waals surface area contributed by atoms with Crippen LogP contribution >= 0.6 is 0 Å². The van der Waals surface area contributed by atoms with Gasteiger partial charge in [-0.3, -0.25) is 4.79 Å². The van der Waals surface area contributed by atoms with Crippen LogP contribution in [0.4, 0.5) is 0 Å². The average molecular weight is 221 g/mol. The van der Waals surface area contributed by atoms with Gasteiger partial charge in [-0.05, 0) is 13.8 Å². The van der Waals surface area contributed by atoms with Crippen molar-refractivity contribution in [2.45, 2.75) is 13.8 Å². The second kappa shape index (κ2) is 5.77. The third-order valence-corrected chi connectivity index (χ3v) is 2.41. The van der Waals surface area contributed by atoms with E-state index in [0.717, 1.165) is 0 Å². The van der Waals surface area contributed by atoms with Gasteiger partial charge in [0.1, 0.15) is 0 Å². The molecular formula is C8H15NO4S. The number of carbonyl (C=O) groups is 1. The minimum atomic E-state index is -3.58. The zero-order valence-electron chi connectivity index (χ0n) is 8.37. The molecule has 0 rings (SSSR count). The third kappa shape index (κ3) is 6.62. The Labute approximate surface area is 84.2 Å². The van der Waals surface area contributed by atoms with E-state index in [2.05, 4.69) is 16.0 Å². The van der Waals surface area contributed by atoms with Crippen LogP contribution in [-0.2, 0) is 19.6 Å². The molecule has 0 spiro atoms. The van der Waals surface area contributed by atoms with Gasteiger partial charge in [-0.15, -0.1) is 0 Å². The molecule has 82 valence electrons. The second-order valence-corrected chi connectivity index (χ2v) is 4.65. The van der Waals surface area contributed by atoms with Gasteiger partial charge in [0.25, 0.3) is 0 Å². The van der Waals surface area contributed by atoms with Crippen molar-refractivity contribution in [1.29, 1.82) is 0 Å². The minimum absolute atomic E-state index is 0.141. The van der Waals surface area contributed by atoms with E-state index in [4.69, 9.17) is 0 Å². The predicted octanol–water partition coefficient (Wildman–Crippen LogP) is 0.0450. The molecule has 0 heterocycles. The lowest BCUT2D eigenvalue weighted by molar-refractivity contribution is -0.139. The Hall–Kier alpha value is -0.880. The van der Waals surface area contributed by atoms with Gasteiger partial charge in [0.05, 0.1) is 6.61 Å². The van der Waals surface area contributed by atoms with Crippen LogP contribution in [0.5, 0.6) is 0 Å². The molecule has 0 radical (unpaired) electrons. The van der Waals surface area contributed by atoms with Crippen molar-refractivity contribution >= 4 is 16.0 Å². The highest BCUT2D eigenvalue weighted by molar-refractivity contribution is 7.90. The molecule has 0 aromatic carbocycles. The lowest BCUT2D eigenvalue weighted by atomic mass is 10.4. The first kappa shape index (κ1) is 13.1. The van der Waals surface area contributed by atoms with Gasteiger partial charge >= 0.3 is 5.97 Å². The predicted molar refractivity (Wildman–Crippen MR) is 53.2 cm³/mol. The molecule has 0 aliphatic heterocycles. The lowest BCUT2D eigenvalue weighted by Gasteiger charge is -2.05. The number of esters is 1. The topological polar surface area (TPSA) is 72.5 Å². The van der Waals surface area contributed by atoms with Gasteiger partial charge in [0.15, 0.2) is 5.75 Å². The maximum Gasteiger partial charge on any atom is 0.322 e. The van der Waals surface area contributed by atoms with Crippen LogP contribution in [0.2, 0.25) is 0 Å². The highest BCUT2D eigenvalue weighted by Crippen LogP contribution is 1.90. The molecule has 0 bridgehead atoms. The standard InChI is InChI=1S/C8H15NO4S/c1-4-13-8(10)6-14(11,12)9-5-7(2)3/h9H,2,4-6H2,1,3H3. The molecule has 0 amide bonds. The van der Waals surface area contributed by atoms with Crippen LogP contribution < -0.4 is 4.72 Å². The van der Waals surface area contributed by atoms with E-state index in [1.54, 1.807) is 13.8 Å². The van der Waals surface area contributed by atoms with Crippen molar-refractivity contribution in [2.24, 2.45) is 0 Å². The van der Waals surface area contributed by atoms with Crippen molar-refractivity contribution in [3.63, 3.8) is 0 Å². The summed E-state index contributed by atoms with van der Waals surface area (Å²) in [7, 11) is -3.58. The Bertz CT molecular complexity index is 307. The van der Waals surface area contributed by atoms with Gasteiger partial charge in [-0.25, -0.2) is 13.1 Å². The van der Waals surface area contributed by atoms with Gasteiger partial charge in [-0.2, -0.15) is 0 Å². The number of nitrogens with one attached hydrogen (secondary N) is 1. The summed E-state index contributed by atoms with van der Waals surface area (Å²) in [6.45, 7) is 7.15. The minimum Gasteiger partial charge on any atom is -0.465 e. The molecule has 5 nitrogen and oxygen atoms in total. The Morgan fingerprint density at radius 3 is 2.50 bits per heavy atom. The van der Waals surface area contributed by atoms with Crippen LogP contribution in [0.3, 0.4) is 0 Å². The first-order valence-electron chi connectivity index (χ1n) is 4.14. The van der Waals surface area contributed by atoms with E-state index in [1.807, 2.05) is 0 Å². The largest absolute Gasteiger partial charge is 0.465 e. The SMILES string of the molecule is C=C(C)CNS(=O)(=O)CC(=O)OCC. The van der Waals surface area contributed by atoms with Crippen LogP contribution in [0.25, 0.3) is 0 Å². The lowest BCUT2D eigenvalue weighted by Crippen LogP contribution is -2.31. The van der Waals surface area contributed by atoms with E-state index in [9.17, 15) is 13.2 Å². The number of sulfonamides is 1. The van der Waals surface area contributed by atoms with Crippen molar-refractivity contribution in [3.8, 4) is 0 Å². The summed E-state index contributed by atoms with van der Waals surface area (Å²) in [6.07, 6.45) is 0. The molecule has 0 saturated carbocycles. The summed E-state index contributed by atoms with van der Waals surface area (Å²) < 4.78 is 29.1. The van der Waals surface area contributed by atoms with Crippen molar-refractivity contribution < 1.29 is 17.9 Å². The maximum absolute atomic E-state index is 11.2. The molecule has 0 atom stereocenters. The zero-order valence-corrected chi connectivity index (χ0v) is 9.19. The Kier molecular flexibility index (Phi) is 5.40. The van der Waals surface area contributed by atoms with Gasteiger partial charge in [0.2, 0.25) is 10.0 Å². The van der Waals surface area contributed by atoms with E-state index >= 15 is 0 Å². The molecule has 0 saturated heterocycles. The van der Waals surface area contributed by atoms with Crippen molar-refractivity contribution in [1.82, 2.24) is 4.72 Å². The summed E-state index contributed by atoms with van der Waals surface area (Å²) in [5.41, 5.74) is 0.678. The molecule has 0 aliphatic carbocycles. The molecule has 0 unspecified atom stereocenters. The average Bonchev–Trinajstić information content (AvgIpc) is 2.00. The molecule has 0 aromatic heterocycles. The number of hydrogen-bond acceptors (Lipinski definition) is 4. The summed E-state index contributed by atoms with van der Waals surface area (Å²) in [4.78, 5) is 10.8. The molecule has 0 aliphatic rings. The van der Waals surface area contributed by atoms with Gasteiger partial charge in [0, 0.05) is 6.54 Å². The molecule has 1 N–H and O–H groups in total. The molecule has 0 fully saturated rings. The molecule has 6 heteroatoms. The van der Waals surface area contributed by atoms with Crippen LogP contribution in [0.15, 0.2) is 12.2 Å². The Morgan fingerprint density at radius 1 is 1.50 bits per heavy atom. The fraction of sp³-hybridized carbons (Fsp3) is 0.625. The summed E-state index contributed by atoms with van der Waals surface area (Å²) in [6, 6.07) is 0. The van der Waals surface area contributed by atoms with Gasteiger partial charge < -0.3 is 4.74 Å². The van der Waals surface area contributed by atoms with Crippen molar-refractivity contribution in [2.75, 3.05) is 18.9 Å². The van der Waals surface area contributed by atoms with Crippen LogP contribution in [0, 0.1) is 0 Å². The summed E-state index contributed by atoms with van der Waals surface area (Å²) in [5, 5.41) is 0. The first-order valence-corrected chi connectivity index (χ1v) is 5.80. The Morgan fingerprint density at radius 2 is 2.07 bits per heavy atom. The van der Waals surface area contributed by atoms with E-state index in [-0.39, 0.29) is 13.2 Å². The highest BCUT2D eigenvalue weighted by atomic mass is 32.2. The number of rotatable bonds is 6. The summed E-state index contributed by atoms with van der Waals surface area (Å²) >= 11 is 0. The summed E-state index contributed by atoms with van der Waals surface area (Å²) in [5.74, 6) is -1.39. The van der Waals surface area contributed by atoms with Crippen LogP contribution in [0.1, 0.15) is 13.8 Å². The highest BCUT2D eigenvalue weighted by Gasteiger charge is 2.16. The maximum atomic E-state index is 11.2. The van der Waals surface area contributed by atoms with E-state index in [0.29, 0.717) is 5.57 Å². The van der Waals surface area contributed by atoms with E-state index < -0.39 is 21.7 Å². The number of carbonyl (C=O) groups excluding carboxylic acids is 1. The van der Waals surface area contributed by atoms with Crippen LogP contribution in [-0.4, -0.2) is 33.3 Å². The third-order valence-electron chi connectivity index (χ3n) is 1.21. The monoisotopic (exact) mass is 221 g/mol. The second-order valence-electron chi connectivity index (χ2n) is 2.84. The van der Waals surface area contributed by atoms with Crippen molar-refractivity contribution in [3.05, 3.63) is 12.2 Å². The number of ether oxygens (including phenoxy) is 1. The van der Waals surface area contributed by atoms with Gasteiger partial charge in [-0.1, -0.05) is 12.2 Å². The molecule has 14 heavy (non-hydrogen) atoms. The fourth-order valence-corrected chi connectivity index (χ4v) is 1.60. The quantitative estimate of drug-likeness (QED) is 0.508. The molecular weight excluding hydrogens is 206 g/mol. The smallest absolute Gasteiger partial charge is 0.322 e. The zero-order chi connectivity index (χ0) is 11.2. The van der Waals surface area contributed by atoms with E-state index in [1.165, 1.54) is 0 Å². The normalized spacial score (nSPS) is 11.0. The number of hydrogen-bond donors (Lipinski definition) is 1.